The molecule has 5 heteroatoms. The number of nitriles is 1. The summed E-state index contributed by atoms with van der Waals surface area (Å²) in [6.45, 7) is 1.91. The van der Waals surface area contributed by atoms with Gasteiger partial charge in [0.15, 0.2) is 9.84 Å². The molecule has 1 aromatic rings. The van der Waals surface area contributed by atoms with Gasteiger partial charge in [0.1, 0.15) is 18.4 Å². The number of nitrogens with zero attached hydrogens (tertiary/aromatic N) is 1. The first-order chi connectivity index (χ1) is 8.09. The lowest BCUT2D eigenvalue weighted by atomic mass is 10.2. The zero-order chi connectivity index (χ0) is 12.7. The number of sulfone groups is 1. The Balaban J connectivity index is 2.55. The molecule has 0 aromatic heterocycles. The summed E-state index contributed by atoms with van der Waals surface area (Å²) in [4.78, 5) is 0. The van der Waals surface area contributed by atoms with Gasteiger partial charge in [-0.15, -0.1) is 0 Å². The highest BCUT2D eigenvalue weighted by Crippen LogP contribution is 2.16. The molecule has 0 aliphatic rings. The van der Waals surface area contributed by atoms with Crippen LogP contribution in [0.2, 0.25) is 0 Å². The van der Waals surface area contributed by atoms with E-state index in [4.69, 9.17) is 10.00 Å². The highest BCUT2D eigenvalue weighted by molar-refractivity contribution is 7.91. The summed E-state index contributed by atoms with van der Waals surface area (Å²) >= 11 is 0. The summed E-state index contributed by atoms with van der Waals surface area (Å²) in [6.07, 6.45) is 0.608. The maximum Gasteiger partial charge on any atom is 0.153 e. The van der Waals surface area contributed by atoms with Crippen LogP contribution >= 0.6 is 0 Å². The fourth-order valence-corrected chi connectivity index (χ4v) is 2.54. The van der Waals surface area contributed by atoms with Crippen LogP contribution in [-0.2, 0) is 9.84 Å². The normalized spacial score (nSPS) is 10.8. The van der Waals surface area contributed by atoms with Crippen LogP contribution < -0.4 is 4.74 Å². The minimum Gasteiger partial charge on any atom is -0.491 e. The van der Waals surface area contributed by atoms with Gasteiger partial charge in [0, 0.05) is 0 Å². The molecule has 0 saturated carbocycles. The van der Waals surface area contributed by atoms with Crippen molar-refractivity contribution in [1.82, 2.24) is 0 Å². The topological polar surface area (TPSA) is 67.2 Å². The molecule has 1 rings (SSSR count). The van der Waals surface area contributed by atoms with Gasteiger partial charge in [-0.3, -0.25) is 0 Å². The van der Waals surface area contributed by atoms with Crippen LogP contribution in [0.15, 0.2) is 24.3 Å². The molecule has 0 spiro atoms. The van der Waals surface area contributed by atoms with E-state index in [0.717, 1.165) is 0 Å². The lowest BCUT2D eigenvalue weighted by Gasteiger charge is -2.07. The van der Waals surface area contributed by atoms with Crippen LogP contribution in [0.4, 0.5) is 0 Å². The SMILES string of the molecule is CCCS(=O)(=O)CCOc1ccccc1C#N. The van der Waals surface area contributed by atoms with Crippen LogP contribution in [0, 0.1) is 11.3 Å². The maximum atomic E-state index is 11.4. The van der Waals surface area contributed by atoms with Crippen molar-refractivity contribution in [1.29, 1.82) is 5.26 Å². The molecule has 0 radical (unpaired) electrons. The van der Waals surface area contributed by atoms with Crippen molar-refractivity contribution in [3.63, 3.8) is 0 Å². The molecular weight excluding hydrogens is 238 g/mol. The molecule has 0 saturated heterocycles. The number of ether oxygens (including phenoxy) is 1. The molecule has 0 fully saturated rings. The molecular formula is C12H15NO3S. The van der Waals surface area contributed by atoms with Crippen LogP contribution in [0.25, 0.3) is 0 Å². The molecule has 92 valence electrons. The Morgan fingerprint density at radius 3 is 2.65 bits per heavy atom. The third-order valence-corrected chi connectivity index (χ3v) is 3.99. The molecule has 0 heterocycles. The van der Waals surface area contributed by atoms with Gasteiger partial charge < -0.3 is 4.74 Å². The van der Waals surface area contributed by atoms with Crippen LogP contribution in [0.5, 0.6) is 5.75 Å². The molecule has 0 amide bonds. The minimum absolute atomic E-state index is 0.0133. The van der Waals surface area contributed by atoms with Gasteiger partial charge in [0.2, 0.25) is 0 Å². The van der Waals surface area contributed by atoms with Gasteiger partial charge in [-0.1, -0.05) is 19.1 Å². The minimum atomic E-state index is -3.03. The fraction of sp³-hybridized carbons (Fsp3) is 0.417. The van der Waals surface area contributed by atoms with Crippen LogP contribution in [-0.4, -0.2) is 26.5 Å². The zero-order valence-electron chi connectivity index (χ0n) is 9.72. The second kappa shape index (κ2) is 6.26. The van der Waals surface area contributed by atoms with E-state index in [9.17, 15) is 8.42 Å². The molecule has 0 unspecified atom stereocenters. The van der Waals surface area contributed by atoms with E-state index in [0.29, 0.717) is 17.7 Å². The van der Waals surface area contributed by atoms with E-state index < -0.39 is 9.84 Å². The number of benzene rings is 1. The third kappa shape index (κ3) is 4.45. The second-order valence-electron chi connectivity index (χ2n) is 3.61. The fourth-order valence-electron chi connectivity index (χ4n) is 1.38. The monoisotopic (exact) mass is 253 g/mol. The van der Waals surface area contributed by atoms with Crippen molar-refractivity contribution in [3.05, 3.63) is 29.8 Å². The summed E-state index contributed by atoms with van der Waals surface area (Å²) in [5, 5.41) is 8.81. The first-order valence-corrected chi connectivity index (χ1v) is 7.23. The van der Waals surface area contributed by atoms with Gasteiger partial charge >= 0.3 is 0 Å². The third-order valence-electron chi connectivity index (χ3n) is 2.17. The predicted octanol–water partition coefficient (Wildman–Crippen LogP) is 1.76. The summed E-state index contributed by atoms with van der Waals surface area (Å²) in [7, 11) is -3.03. The number of hydrogen-bond donors (Lipinski definition) is 0. The van der Waals surface area contributed by atoms with Crippen molar-refractivity contribution in [2.45, 2.75) is 13.3 Å². The summed E-state index contributed by atoms with van der Waals surface area (Å²) in [6, 6.07) is 8.77. The van der Waals surface area contributed by atoms with Crippen molar-refractivity contribution in [3.8, 4) is 11.8 Å². The van der Waals surface area contributed by atoms with Crippen molar-refractivity contribution >= 4 is 9.84 Å². The average molecular weight is 253 g/mol. The standard InChI is InChI=1S/C12H15NO3S/c1-2-8-17(14,15)9-7-16-12-6-4-3-5-11(12)10-13/h3-6H,2,7-9H2,1H3. The number of rotatable bonds is 6. The number of hydrogen-bond acceptors (Lipinski definition) is 4. The Bertz CT molecular complexity index is 503. The Kier molecular flexibility index (Phi) is 4.98. The summed E-state index contributed by atoms with van der Waals surface area (Å²) in [5.41, 5.74) is 0.417. The van der Waals surface area contributed by atoms with E-state index in [1.54, 1.807) is 24.3 Å². The second-order valence-corrected chi connectivity index (χ2v) is 5.91. The smallest absolute Gasteiger partial charge is 0.153 e. The largest absolute Gasteiger partial charge is 0.491 e. The predicted molar refractivity (Wildman–Crippen MR) is 65.6 cm³/mol. The Morgan fingerprint density at radius 1 is 1.29 bits per heavy atom. The molecule has 0 aliphatic carbocycles. The van der Waals surface area contributed by atoms with Gasteiger partial charge in [0.25, 0.3) is 0 Å². The number of para-hydroxylation sites is 1. The van der Waals surface area contributed by atoms with Crippen LogP contribution in [0.1, 0.15) is 18.9 Å². The Hall–Kier alpha value is -1.54. The first-order valence-electron chi connectivity index (χ1n) is 5.41. The maximum absolute atomic E-state index is 11.4. The van der Waals surface area contributed by atoms with Gasteiger partial charge in [-0.25, -0.2) is 8.42 Å². The highest BCUT2D eigenvalue weighted by Gasteiger charge is 2.10. The van der Waals surface area contributed by atoms with Crippen molar-refractivity contribution < 1.29 is 13.2 Å². The summed E-state index contributed by atoms with van der Waals surface area (Å²) in [5.74, 6) is 0.596. The van der Waals surface area contributed by atoms with Gasteiger partial charge in [0.05, 0.1) is 17.1 Å². The van der Waals surface area contributed by atoms with E-state index in [-0.39, 0.29) is 18.1 Å². The molecule has 1 aromatic carbocycles. The van der Waals surface area contributed by atoms with E-state index >= 15 is 0 Å². The quantitative estimate of drug-likeness (QED) is 0.774. The Morgan fingerprint density at radius 2 is 2.00 bits per heavy atom. The molecule has 0 bridgehead atoms. The average Bonchev–Trinajstić information content (AvgIpc) is 2.29. The highest BCUT2D eigenvalue weighted by atomic mass is 32.2. The molecule has 0 aliphatic heterocycles. The molecule has 0 N–H and O–H groups in total. The van der Waals surface area contributed by atoms with Gasteiger partial charge in [-0.2, -0.15) is 5.26 Å². The first kappa shape index (κ1) is 13.5. The summed E-state index contributed by atoms with van der Waals surface area (Å²) < 4.78 is 28.2. The van der Waals surface area contributed by atoms with Crippen LogP contribution in [0.3, 0.4) is 0 Å². The van der Waals surface area contributed by atoms with E-state index in [1.807, 2.05) is 13.0 Å². The molecule has 4 nitrogen and oxygen atoms in total. The van der Waals surface area contributed by atoms with Gasteiger partial charge in [-0.05, 0) is 18.6 Å². The van der Waals surface area contributed by atoms with Crippen molar-refractivity contribution in [2.75, 3.05) is 18.1 Å². The zero-order valence-corrected chi connectivity index (χ0v) is 10.5. The van der Waals surface area contributed by atoms with Crippen molar-refractivity contribution in [2.24, 2.45) is 0 Å². The molecule has 0 atom stereocenters. The molecule has 17 heavy (non-hydrogen) atoms. The lowest BCUT2D eigenvalue weighted by Crippen LogP contribution is -2.16. The lowest BCUT2D eigenvalue weighted by molar-refractivity contribution is 0.340. The Labute approximate surface area is 102 Å². The van der Waals surface area contributed by atoms with E-state index in [1.165, 1.54) is 0 Å². The van der Waals surface area contributed by atoms with E-state index in [2.05, 4.69) is 0 Å².